The van der Waals surface area contributed by atoms with Gasteiger partial charge in [-0.15, -0.1) is 0 Å². The Kier molecular flexibility index (Phi) is 6.31. The molecule has 10 nitrogen and oxygen atoms in total. The minimum absolute atomic E-state index is 0.228. The maximum absolute atomic E-state index is 11.3. The number of fused-ring (bicyclic) bond motifs is 2. The highest BCUT2D eigenvalue weighted by molar-refractivity contribution is 5.88. The van der Waals surface area contributed by atoms with Crippen molar-refractivity contribution >= 4 is 40.2 Å². The summed E-state index contributed by atoms with van der Waals surface area (Å²) in [4.78, 5) is 28.8. The summed E-state index contributed by atoms with van der Waals surface area (Å²) >= 11 is 0. The molecule has 36 heavy (non-hydrogen) atoms. The zero-order chi connectivity index (χ0) is 24.9. The van der Waals surface area contributed by atoms with Crippen LogP contribution in [-0.2, 0) is 4.79 Å². The quantitative estimate of drug-likeness (QED) is 0.318. The van der Waals surface area contributed by atoms with Gasteiger partial charge in [-0.3, -0.25) is 4.79 Å². The topological polar surface area (TPSA) is 119 Å². The van der Waals surface area contributed by atoms with E-state index in [4.69, 9.17) is 4.74 Å². The number of carbonyl (C=O) groups is 1. The minimum Gasteiger partial charge on any atom is -0.457 e. The number of amides is 1. The SMILES string of the molecule is C=CC(=O)NC/C=C/c1ccc2ncnc(Nc3ccc(Oc4ccn5ncnc5c4)c(C)c3)c2n1. The van der Waals surface area contributed by atoms with E-state index in [-0.39, 0.29) is 5.91 Å². The van der Waals surface area contributed by atoms with Crippen LogP contribution in [-0.4, -0.2) is 42.0 Å². The lowest BCUT2D eigenvalue weighted by molar-refractivity contribution is -0.116. The first-order valence-corrected chi connectivity index (χ1v) is 11.1. The van der Waals surface area contributed by atoms with E-state index in [1.165, 1.54) is 18.7 Å². The smallest absolute Gasteiger partial charge is 0.243 e. The number of ether oxygens (including phenoxy) is 1. The molecule has 5 aromatic rings. The van der Waals surface area contributed by atoms with Crippen LogP contribution < -0.4 is 15.4 Å². The van der Waals surface area contributed by atoms with Crippen molar-refractivity contribution in [2.75, 3.05) is 11.9 Å². The molecule has 0 aliphatic carbocycles. The van der Waals surface area contributed by atoms with Crippen molar-refractivity contribution in [1.29, 1.82) is 0 Å². The summed E-state index contributed by atoms with van der Waals surface area (Å²) < 4.78 is 7.74. The molecule has 4 aromatic heterocycles. The number of pyridine rings is 2. The normalized spacial score (nSPS) is 11.1. The highest BCUT2D eigenvalue weighted by atomic mass is 16.5. The molecule has 0 aliphatic rings. The van der Waals surface area contributed by atoms with Crippen molar-refractivity contribution in [2.24, 2.45) is 0 Å². The van der Waals surface area contributed by atoms with Crippen molar-refractivity contribution in [3.63, 3.8) is 0 Å². The van der Waals surface area contributed by atoms with Crippen molar-refractivity contribution in [1.82, 2.24) is 34.9 Å². The van der Waals surface area contributed by atoms with Crippen LogP contribution in [0.1, 0.15) is 11.3 Å². The summed E-state index contributed by atoms with van der Waals surface area (Å²) in [7, 11) is 0. The van der Waals surface area contributed by atoms with Crippen LogP contribution in [0.2, 0.25) is 0 Å². The number of rotatable bonds is 8. The zero-order valence-corrected chi connectivity index (χ0v) is 19.4. The van der Waals surface area contributed by atoms with E-state index < -0.39 is 0 Å². The molecule has 4 heterocycles. The Bertz CT molecular complexity index is 1610. The van der Waals surface area contributed by atoms with Crippen LogP contribution in [0, 0.1) is 6.92 Å². The molecule has 2 N–H and O–H groups in total. The Morgan fingerprint density at radius 2 is 2.03 bits per heavy atom. The van der Waals surface area contributed by atoms with Crippen LogP contribution in [0.4, 0.5) is 11.5 Å². The number of hydrogen-bond donors (Lipinski definition) is 2. The molecule has 0 radical (unpaired) electrons. The minimum atomic E-state index is -0.228. The summed E-state index contributed by atoms with van der Waals surface area (Å²) in [5.41, 5.74) is 4.56. The Hall–Kier alpha value is -5.12. The molecule has 0 unspecified atom stereocenters. The first-order valence-electron chi connectivity index (χ1n) is 11.1. The van der Waals surface area contributed by atoms with E-state index in [1.807, 2.05) is 61.5 Å². The fourth-order valence-corrected chi connectivity index (χ4v) is 3.52. The van der Waals surface area contributed by atoms with Crippen LogP contribution in [0.5, 0.6) is 11.5 Å². The first-order chi connectivity index (χ1) is 17.6. The van der Waals surface area contributed by atoms with Gasteiger partial charge in [0.05, 0.1) is 11.2 Å². The number of anilines is 2. The molecule has 0 saturated heterocycles. The lowest BCUT2D eigenvalue weighted by atomic mass is 10.2. The third-order valence-electron chi connectivity index (χ3n) is 5.29. The summed E-state index contributed by atoms with van der Waals surface area (Å²) in [5.74, 6) is 1.76. The molecule has 5 rings (SSSR count). The van der Waals surface area contributed by atoms with Gasteiger partial charge in [0.25, 0.3) is 0 Å². The molecule has 0 aliphatic heterocycles. The Morgan fingerprint density at radius 1 is 1.11 bits per heavy atom. The van der Waals surface area contributed by atoms with Crippen molar-refractivity contribution in [2.45, 2.75) is 6.92 Å². The van der Waals surface area contributed by atoms with Gasteiger partial charge in [0, 0.05) is 24.5 Å². The van der Waals surface area contributed by atoms with Crippen LogP contribution in [0.3, 0.4) is 0 Å². The molecular formula is C26H22N8O2. The number of hydrogen-bond acceptors (Lipinski definition) is 8. The van der Waals surface area contributed by atoms with E-state index >= 15 is 0 Å². The predicted molar refractivity (Wildman–Crippen MR) is 137 cm³/mol. The summed E-state index contributed by atoms with van der Waals surface area (Å²) in [6, 6.07) is 13.2. The van der Waals surface area contributed by atoms with Gasteiger partial charge < -0.3 is 15.4 Å². The zero-order valence-electron chi connectivity index (χ0n) is 19.4. The monoisotopic (exact) mass is 478 g/mol. The number of aromatic nitrogens is 6. The molecule has 1 amide bonds. The second-order valence-corrected chi connectivity index (χ2v) is 7.81. The lowest BCUT2D eigenvalue weighted by Gasteiger charge is -2.12. The first kappa shape index (κ1) is 22.7. The van der Waals surface area contributed by atoms with E-state index in [0.29, 0.717) is 34.8 Å². The van der Waals surface area contributed by atoms with E-state index in [9.17, 15) is 4.79 Å². The highest BCUT2D eigenvalue weighted by Crippen LogP contribution is 2.29. The van der Waals surface area contributed by atoms with Gasteiger partial charge in [0.2, 0.25) is 5.91 Å². The van der Waals surface area contributed by atoms with Crippen LogP contribution in [0.15, 0.2) is 80.0 Å². The van der Waals surface area contributed by atoms with Gasteiger partial charge in [-0.05, 0) is 61.0 Å². The fourth-order valence-electron chi connectivity index (χ4n) is 3.52. The number of benzene rings is 1. The Labute approximate surface area is 206 Å². The van der Waals surface area contributed by atoms with Crippen molar-refractivity contribution in [3.8, 4) is 11.5 Å². The molecule has 0 atom stereocenters. The standard InChI is InChI=1S/C26H22N8O2/c1-3-24(35)27-11-4-5-18-6-8-21-25(32-18)26(30-15-28-21)33-19-7-9-22(17(2)13-19)36-20-10-12-34-23(14-20)29-16-31-34/h3-10,12-16H,1,11H2,2H3,(H,27,35)(H,28,30,33)/b5-4+. The van der Waals surface area contributed by atoms with Gasteiger partial charge in [-0.1, -0.05) is 12.7 Å². The molecule has 10 heteroatoms. The molecule has 1 aromatic carbocycles. The second kappa shape index (κ2) is 10.0. The molecule has 0 fully saturated rings. The van der Waals surface area contributed by atoms with Gasteiger partial charge >= 0.3 is 0 Å². The van der Waals surface area contributed by atoms with Gasteiger partial charge in [0.15, 0.2) is 11.5 Å². The third-order valence-corrected chi connectivity index (χ3v) is 5.29. The highest BCUT2D eigenvalue weighted by Gasteiger charge is 2.09. The number of nitrogens with zero attached hydrogens (tertiary/aromatic N) is 6. The maximum atomic E-state index is 11.3. The molecule has 0 spiro atoms. The fraction of sp³-hybridized carbons (Fsp3) is 0.0769. The number of aryl methyl sites for hydroxylation is 1. The van der Waals surface area contributed by atoms with E-state index in [0.717, 1.165) is 22.7 Å². The molecule has 0 bridgehead atoms. The third kappa shape index (κ3) is 5.02. The average molecular weight is 479 g/mol. The Balaban J connectivity index is 1.34. The average Bonchev–Trinajstić information content (AvgIpc) is 3.36. The molecule has 178 valence electrons. The molecular weight excluding hydrogens is 456 g/mol. The molecule has 0 saturated carbocycles. The van der Waals surface area contributed by atoms with Crippen molar-refractivity contribution < 1.29 is 9.53 Å². The van der Waals surface area contributed by atoms with E-state index in [1.54, 1.807) is 10.7 Å². The Morgan fingerprint density at radius 3 is 2.89 bits per heavy atom. The van der Waals surface area contributed by atoms with Gasteiger partial charge in [-0.2, -0.15) is 5.10 Å². The largest absolute Gasteiger partial charge is 0.457 e. The van der Waals surface area contributed by atoms with Crippen molar-refractivity contribution in [3.05, 3.63) is 91.3 Å². The van der Waals surface area contributed by atoms with Gasteiger partial charge in [0.1, 0.15) is 29.7 Å². The lowest BCUT2D eigenvalue weighted by Crippen LogP contribution is -2.20. The second-order valence-electron chi connectivity index (χ2n) is 7.81. The summed E-state index contributed by atoms with van der Waals surface area (Å²) in [6.45, 7) is 5.78. The number of nitrogens with one attached hydrogen (secondary N) is 2. The van der Waals surface area contributed by atoms with Gasteiger partial charge in [-0.25, -0.2) is 24.5 Å². The predicted octanol–water partition coefficient (Wildman–Crippen LogP) is 4.23. The number of carbonyl (C=O) groups excluding carboxylic acids is 1. The van der Waals surface area contributed by atoms with E-state index in [2.05, 4.69) is 42.2 Å². The summed E-state index contributed by atoms with van der Waals surface area (Å²) in [5, 5.41) is 10.1. The van der Waals surface area contributed by atoms with Crippen LogP contribution in [0.25, 0.3) is 22.8 Å². The maximum Gasteiger partial charge on any atom is 0.243 e. The van der Waals surface area contributed by atoms with Crippen LogP contribution >= 0.6 is 0 Å². The summed E-state index contributed by atoms with van der Waals surface area (Å²) in [6.07, 6.45) is 9.67.